The Labute approximate surface area is 161 Å². The van der Waals surface area contributed by atoms with Gasteiger partial charge in [-0.15, -0.1) is 0 Å². The lowest BCUT2D eigenvalue weighted by molar-refractivity contribution is -0.120. The highest BCUT2D eigenvalue weighted by Crippen LogP contribution is 2.26. The van der Waals surface area contributed by atoms with Crippen molar-refractivity contribution in [2.75, 3.05) is 0 Å². The highest BCUT2D eigenvalue weighted by Gasteiger charge is 2.16. The number of nitrogens with one attached hydrogen (secondary N) is 2. The SMILES string of the molecule is Cc1cc(C)c2[nH]c(C)c(CC(=O)NCc3nc(-c4ncccn4)no3)c2c1. The summed E-state index contributed by atoms with van der Waals surface area (Å²) in [4.78, 5) is 28.2. The molecule has 4 aromatic rings. The molecule has 0 unspecified atom stereocenters. The first kappa shape index (κ1) is 17.8. The van der Waals surface area contributed by atoms with Crippen LogP contribution in [0, 0.1) is 20.8 Å². The van der Waals surface area contributed by atoms with Crippen LogP contribution in [0.5, 0.6) is 0 Å². The van der Waals surface area contributed by atoms with E-state index >= 15 is 0 Å². The minimum absolute atomic E-state index is 0.112. The van der Waals surface area contributed by atoms with Crippen LogP contribution in [0.2, 0.25) is 0 Å². The first-order chi connectivity index (χ1) is 13.5. The Bertz CT molecular complexity index is 1150. The molecule has 0 aliphatic heterocycles. The van der Waals surface area contributed by atoms with Gasteiger partial charge in [-0.05, 0) is 44.0 Å². The topological polar surface area (TPSA) is 110 Å². The third-order valence-electron chi connectivity index (χ3n) is 4.58. The van der Waals surface area contributed by atoms with Crippen LogP contribution in [0.3, 0.4) is 0 Å². The van der Waals surface area contributed by atoms with E-state index in [4.69, 9.17) is 4.52 Å². The molecule has 8 heteroatoms. The summed E-state index contributed by atoms with van der Waals surface area (Å²) in [6.07, 6.45) is 3.48. The smallest absolute Gasteiger partial charge is 0.246 e. The molecule has 0 bridgehead atoms. The van der Waals surface area contributed by atoms with Crippen LogP contribution in [0.15, 0.2) is 35.1 Å². The molecule has 0 saturated carbocycles. The molecular formula is C20H20N6O2. The Morgan fingerprint density at radius 3 is 2.71 bits per heavy atom. The van der Waals surface area contributed by atoms with Crippen molar-refractivity contribution >= 4 is 16.8 Å². The number of rotatable bonds is 5. The molecule has 0 radical (unpaired) electrons. The molecule has 0 aliphatic carbocycles. The number of H-pyrrole nitrogens is 1. The number of hydrogen-bond donors (Lipinski definition) is 2. The van der Waals surface area contributed by atoms with Crippen molar-refractivity contribution in [1.29, 1.82) is 0 Å². The molecule has 0 fully saturated rings. The maximum atomic E-state index is 12.5. The van der Waals surface area contributed by atoms with Crippen molar-refractivity contribution in [3.8, 4) is 11.6 Å². The van der Waals surface area contributed by atoms with Gasteiger partial charge >= 0.3 is 0 Å². The minimum atomic E-state index is -0.112. The quantitative estimate of drug-likeness (QED) is 0.554. The molecule has 0 saturated heterocycles. The van der Waals surface area contributed by atoms with Crippen LogP contribution >= 0.6 is 0 Å². The first-order valence-corrected chi connectivity index (χ1v) is 8.96. The van der Waals surface area contributed by atoms with Crippen LogP contribution in [-0.4, -0.2) is 31.0 Å². The van der Waals surface area contributed by atoms with Gasteiger partial charge in [-0.3, -0.25) is 4.79 Å². The molecule has 3 heterocycles. The summed E-state index contributed by atoms with van der Waals surface area (Å²) in [5.74, 6) is 0.865. The molecule has 0 spiro atoms. The molecular weight excluding hydrogens is 356 g/mol. The van der Waals surface area contributed by atoms with E-state index in [-0.39, 0.29) is 18.9 Å². The van der Waals surface area contributed by atoms with Crippen molar-refractivity contribution in [3.63, 3.8) is 0 Å². The van der Waals surface area contributed by atoms with Crippen LogP contribution in [0.1, 0.15) is 28.3 Å². The number of amides is 1. The van der Waals surface area contributed by atoms with Gasteiger partial charge in [0.25, 0.3) is 0 Å². The predicted octanol–water partition coefficient (Wildman–Crippen LogP) is 2.79. The van der Waals surface area contributed by atoms with E-state index in [9.17, 15) is 4.79 Å². The summed E-state index contributed by atoms with van der Waals surface area (Å²) in [5, 5.41) is 7.77. The Balaban J connectivity index is 1.45. The van der Waals surface area contributed by atoms with Crippen molar-refractivity contribution in [1.82, 2.24) is 30.4 Å². The Hall–Kier alpha value is -3.55. The second kappa shape index (κ2) is 7.22. The predicted molar refractivity (Wildman–Crippen MR) is 103 cm³/mol. The van der Waals surface area contributed by atoms with E-state index < -0.39 is 0 Å². The second-order valence-corrected chi connectivity index (χ2v) is 6.77. The Morgan fingerprint density at radius 1 is 1.14 bits per heavy atom. The molecule has 8 nitrogen and oxygen atoms in total. The monoisotopic (exact) mass is 376 g/mol. The molecule has 4 rings (SSSR count). The molecule has 1 amide bonds. The number of carbonyl (C=O) groups excluding carboxylic acids is 1. The lowest BCUT2D eigenvalue weighted by Gasteiger charge is -2.04. The van der Waals surface area contributed by atoms with Crippen LogP contribution in [0.25, 0.3) is 22.6 Å². The summed E-state index contributed by atoms with van der Waals surface area (Å²) in [7, 11) is 0. The average Bonchev–Trinajstić information content (AvgIpc) is 3.27. The summed E-state index contributed by atoms with van der Waals surface area (Å²) in [6, 6.07) is 5.95. The van der Waals surface area contributed by atoms with E-state index in [2.05, 4.69) is 56.4 Å². The molecule has 2 N–H and O–H groups in total. The number of aromatic amines is 1. The fourth-order valence-electron chi connectivity index (χ4n) is 3.29. The van der Waals surface area contributed by atoms with Crippen molar-refractivity contribution in [2.45, 2.75) is 33.7 Å². The van der Waals surface area contributed by atoms with Crippen LogP contribution < -0.4 is 5.32 Å². The van der Waals surface area contributed by atoms with Gasteiger partial charge in [0.1, 0.15) is 0 Å². The largest absolute Gasteiger partial charge is 0.358 e. The molecule has 0 aliphatic rings. The Kier molecular flexibility index (Phi) is 4.60. The van der Waals surface area contributed by atoms with Crippen molar-refractivity contribution in [3.05, 3.63) is 58.9 Å². The maximum Gasteiger partial charge on any atom is 0.246 e. The molecule has 3 aromatic heterocycles. The standard InChI is InChI=1S/C20H20N6O2/c1-11-7-12(2)18-15(8-11)14(13(3)24-18)9-16(27)23-10-17-25-20(26-28-17)19-21-5-4-6-22-19/h4-8,24H,9-10H2,1-3H3,(H,23,27). The highest BCUT2D eigenvalue weighted by molar-refractivity contribution is 5.92. The molecule has 1 aromatic carbocycles. The summed E-state index contributed by atoms with van der Waals surface area (Å²) >= 11 is 0. The van der Waals surface area contributed by atoms with E-state index in [1.165, 1.54) is 11.1 Å². The van der Waals surface area contributed by atoms with Crippen molar-refractivity contribution in [2.24, 2.45) is 0 Å². The van der Waals surface area contributed by atoms with E-state index in [1.54, 1.807) is 18.5 Å². The maximum absolute atomic E-state index is 12.5. The van der Waals surface area contributed by atoms with Gasteiger partial charge in [0.2, 0.25) is 23.4 Å². The minimum Gasteiger partial charge on any atom is -0.358 e. The zero-order chi connectivity index (χ0) is 19.7. The first-order valence-electron chi connectivity index (χ1n) is 8.96. The van der Waals surface area contributed by atoms with E-state index in [0.717, 1.165) is 22.2 Å². The zero-order valence-electron chi connectivity index (χ0n) is 15.9. The van der Waals surface area contributed by atoms with E-state index in [1.807, 2.05) is 6.92 Å². The van der Waals surface area contributed by atoms with Crippen molar-refractivity contribution < 1.29 is 9.32 Å². The van der Waals surface area contributed by atoms with Gasteiger partial charge in [-0.25, -0.2) is 9.97 Å². The second-order valence-electron chi connectivity index (χ2n) is 6.77. The Morgan fingerprint density at radius 2 is 1.93 bits per heavy atom. The lowest BCUT2D eigenvalue weighted by Crippen LogP contribution is -2.24. The summed E-state index contributed by atoms with van der Waals surface area (Å²) < 4.78 is 5.17. The van der Waals surface area contributed by atoms with Gasteiger partial charge in [-0.2, -0.15) is 4.98 Å². The van der Waals surface area contributed by atoms with Crippen LogP contribution in [-0.2, 0) is 17.8 Å². The van der Waals surface area contributed by atoms with Gasteiger partial charge in [0.15, 0.2) is 0 Å². The van der Waals surface area contributed by atoms with Gasteiger partial charge in [0.05, 0.1) is 13.0 Å². The summed E-state index contributed by atoms with van der Waals surface area (Å²) in [6.45, 7) is 6.26. The number of carbonyl (C=O) groups is 1. The van der Waals surface area contributed by atoms with Gasteiger partial charge in [0, 0.05) is 29.0 Å². The molecule has 0 atom stereocenters. The zero-order valence-corrected chi connectivity index (χ0v) is 15.9. The fourth-order valence-corrected chi connectivity index (χ4v) is 3.29. The van der Waals surface area contributed by atoms with E-state index in [0.29, 0.717) is 17.5 Å². The van der Waals surface area contributed by atoms with Gasteiger partial charge in [-0.1, -0.05) is 16.8 Å². The number of aromatic nitrogens is 5. The lowest BCUT2D eigenvalue weighted by atomic mass is 10.0. The highest BCUT2D eigenvalue weighted by atomic mass is 16.5. The molecule has 28 heavy (non-hydrogen) atoms. The molecule has 142 valence electrons. The number of hydrogen-bond acceptors (Lipinski definition) is 6. The number of aryl methyl sites for hydroxylation is 3. The third-order valence-corrected chi connectivity index (χ3v) is 4.58. The normalized spacial score (nSPS) is 11.1. The van der Waals surface area contributed by atoms with Crippen LogP contribution in [0.4, 0.5) is 0 Å². The third kappa shape index (κ3) is 3.48. The number of fused-ring (bicyclic) bond motifs is 1. The summed E-state index contributed by atoms with van der Waals surface area (Å²) in [5.41, 5.74) is 5.43. The average molecular weight is 376 g/mol. The number of nitrogens with zero attached hydrogens (tertiary/aromatic N) is 4. The number of benzene rings is 1. The van der Waals surface area contributed by atoms with Gasteiger partial charge < -0.3 is 14.8 Å². The fraction of sp³-hybridized carbons (Fsp3) is 0.250.